The molecule has 2 rings (SSSR count). The molecule has 2 atom stereocenters. The first-order valence-corrected chi connectivity index (χ1v) is 4.89. The highest BCUT2D eigenvalue weighted by molar-refractivity contribution is 5.98. The number of carboxylic acids is 1. The molecule has 1 saturated heterocycles. The zero-order valence-corrected chi connectivity index (χ0v) is 8.66. The molecule has 1 fully saturated rings. The van der Waals surface area contributed by atoms with Gasteiger partial charge in [0.15, 0.2) is 6.04 Å². The van der Waals surface area contributed by atoms with E-state index in [1.807, 2.05) is 0 Å². The molecule has 1 amide bonds. The van der Waals surface area contributed by atoms with Gasteiger partial charge in [0.1, 0.15) is 6.10 Å². The second kappa shape index (κ2) is 3.84. The van der Waals surface area contributed by atoms with Crippen molar-refractivity contribution in [3.63, 3.8) is 0 Å². The first-order chi connectivity index (χ1) is 7.61. The highest BCUT2D eigenvalue weighted by Gasteiger charge is 2.44. The lowest BCUT2D eigenvalue weighted by atomic mass is 10.1. The Morgan fingerprint density at radius 3 is 2.56 bits per heavy atom. The van der Waals surface area contributed by atoms with Gasteiger partial charge in [-0.15, -0.1) is 0 Å². The standard InChI is InChI=1S/C11H11NO4/c1-7-9(10(13)14)12(11(15)16-7)8-5-3-2-4-6-8/h2-7,9H,1H3,(H,13,14). The number of anilines is 1. The van der Waals surface area contributed by atoms with Crippen LogP contribution in [0.5, 0.6) is 0 Å². The van der Waals surface area contributed by atoms with E-state index in [0.717, 1.165) is 4.90 Å². The molecular formula is C11H11NO4. The van der Waals surface area contributed by atoms with Gasteiger partial charge in [0.05, 0.1) is 0 Å². The van der Waals surface area contributed by atoms with Crippen molar-refractivity contribution in [1.82, 2.24) is 0 Å². The van der Waals surface area contributed by atoms with Gasteiger partial charge in [-0.1, -0.05) is 18.2 Å². The molecule has 1 N–H and O–H groups in total. The summed E-state index contributed by atoms with van der Waals surface area (Å²) in [6.07, 6.45) is -1.27. The lowest BCUT2D eigenvalue weighted by molar-refractivity contribution is -0.139. The molecule has 84 valence electrons. The van der Waals surface area contributed by atoms with E-state index < -0.39 is 24.2 Å². The van der Waals surface area contributed by atoms with Crippen LogP contribution < -0.4 is 4.90 Å². The Hall–Kier alpha value is -2.04. The van der Waals surface area contributed by atoms with E-state index in [1.165, 1.54) is 0 Å². The van der Waals surface area contributed by atoms with Crippen molar-refractivity contribution in [2.45, 2.75) is 19.1 Å². The average Bonchev–Trinajstić information content (AvgIpc) is 2.55. The average molecular weight is 221 g/mol. The van der Waals surface area contributed by atoms with Gasteiger partial charge < -0.3 is 9.84 Å². The summed E-state index contributed by atoms with van der Waals surface area (Å²) >= 11 is 0. The van der Waals surface area contributed by atoms with Gasteiger partial charge in [0.2, 0.25) is 0 Å². The summed E-state index contributed by atoms with van der Waals surface area (Å²) in [5, 5.41) is 9.06. The molecule has 1 aromatic rings. The number of benzene rings is 1. The minimum absolute atomic E-state index is 0.532. The number of ether oxygens (including phenoxy) is 1. The van der Waals surface area contributed by atoms with E-state index >= 15 is 0 Å². The first-order valence-electron chi connectivity index (χ1n) is 4.89. The fraction of sp³-hybridized carbons (Fsp3) is 0.273. The fourth-order valence-electron chi connectivity index (χ4n) is 1.77. The number of amides is 1. The van der Waals surface area contributed by atoms with E-state index in [9.17, 15) is 9.59 Å². The predicted molar refractivity (Wildman–Crippen MR) is 56.3 cm³/mol. The summed E-state index contributed by atoms with van der Waals surface area (Å²) < 4.78 is 4.91. The highest BCUT2D eigenvalue weighted by Crippen LogP contribution is 2.26. The number of hydrogen-bond donors (Lipinski definition) is 1. The summed E-state index contributed by atoms with van der Waals surface area (Å²) in [6, 6.07) is 7.67. The molecule has 1 aliphatic heterocycles. The molecule has 0 spiro atoms. The van der Waals surface area contributed by atoms with E-state index in [1.54, 1.807) is 37.3 Å². The molecule has 16 heavy (non-hydrogen) atoms. The molecule has 0 aliphatic carbocycles. The van der Waals surface area contributed by atoms with Crippen molar-refractivity contribution in [1.29, 1.82) is 0 Å². The van der Waals surface area contributed by atoms with Gasteiger partial charge in [0, 0.05) is 5.69 Å². The Balaban J connectivity index is 2.38. The summed E-state index contributed by atoms with van der Waals surface area (Å²) in [5.74, 6) is -1.07. The number of para-hydroxylation sites is 1. The number of carbonyl (C=O) groups is 2. The number of rotatable bonds is 2. The molecular weight excluding hydrogens is 210 g/mol. The molecule has 5 heteroatoms. The molecule has 0 aromatic heterocycles. The maximum Gasteiger partial charge on any atom is 0.415 e. The van der Waals surface area contributed by atoms with Crippen molar-refractivity contribution in [2.75, 3.05) is 4.90 Å². The van der Waals surface area contributed by atoms with Crippen LogP contribution >= 0.6 is 0 Å². The van der Waals surface area contributed by atoms with Gasteiger partial charge in [-0.05, 0) is 19.1 Å². The molecule has 2 unspecified atom stereocenters. The molecule has 0 radical (unpaired) electrons. The van der Waals surface area contributed by atoms with Gasteiger partial charge in [0.25, 0.3) is 0 Å². The normalized spacial score (nSPS) is 24.3. The van der Waals surface area contributed by atoms with Crippen molar-refractivity contribution in [2.24, 2.45) is 0 Å². The second-order valence-corrected chi connectivity index (χ2v) is 3.58. The summed E-state index contributed by atoms with van der Waals surface area (Å²) in [4.78, 5) is 23.8. The SMILES string of the molecule is CC1OC(=O)N(c2ccccc2)C1C(=O)O. The number of aliphatic carboxylic acids is 1. The van der Waals surface area contributed by atoms with E-state index in [-0.39, 0.29) is 0 Å². The Labute approximate surface area is 92.2 Å². The third-order valence-electron chi connectivity index (χ3n) is 2.49. The molecule has 1 aliphatic rings. The zero-order valence-electron chi connectivity index (χ0n) is 8.66. The molecule has 5 nitrogen and oxygen atoms in total. The summed E-state index contributed by atoms with van der Waals surface area (Å²) in [7, 11) is 0. The van der Waals surface area contributed by atoms with Gasteiger partial charge in [-0.3, -0.25) is 4.90 Å². The number of hydrogen-bond acceptors (Lipinski definition) is 3. The molecule has 0 bridgehead atoms. The van der Waals surface area contributed by atoms with Crippen molar-refractivity contribution >= 4 is 17.7 Å². The van der Waals surface area contributed by atoms with Crippen LogP contribution in [0.1, 0.15) is 6.92 Å². The molecule has 1 heterocycles. The van der Waals surface area contributed by atoms with Crippen LogP contribution in [0.3, 0.4) is 0 Å². The fourth-order valence-corrected chi connectivity index (χ4v) is 1.77. The van der Waals surface area contributed by atoms with Gasteiger partial charge >= 0.3 is 12.1 Å². The van der Waals surface area contributed by atoms with Gasteiger partial charge in [-0.2, -0.15) is 0 Å². The maximum atomic E-state index is 11.5. The van der Waals surface area contributed by atoms with E-state index in [0.29, 0.717) is 5.69 Å². The van der Waals surface area contributed by atoms with Crippen molar-refractivity contribution < 1.29 is 19.4 Å². The van der Waals surface area contributed by atoms with Crippen molar-refractivity contribution in [3.05, 3.63) is 30.3 Å². The Kier molecular flexibility index (Phi) is 2.52. The third-order valence-corrected chi connectivity index (χ3v) is 2.49. The summed E-state index contributed by atoms with van der Waals surface area (Å²) in [6.45, 7) is 1.57. The number of nitrogens with zero attached hydrogens (tertiary/aromatic N) is 1. The number of cyclic esters (lactones) is 1. The Morgan fingerprint density at radius 1 is 1.38 bits per heavy atom. The summed E-state index contributed by atoms with van der Waals surface area (Å²) in [5.41, 5.74) is 0.532. The second-order valence-electron chi connectivity index (χ2n) is 3.58. The van der Waals surface area contributed by atoms with Crippen LogP contribution in [0.15, 0.2) is 30.3 Å². The highest BCUT2D eigenvalue weighted by atomic mass is 16.6. The Bertz CT molecular complexity index is 417. The number of carbonyl (C=O) groups excluding carboxylic acids is 1. The van der Waals surface area contributed by atoms with Crippen LogP contribution in [0.25, 0.3) is 0 Å². The quantitative estimate of drug-likeness (QED) is 0.821. The number of carboxylic acid groups (broad SMARTS) is 1. The third kappa shape index (κ3) is 1.60. The van der Waals surface area contributed by atoms with Crippen LogP contribution in [0, 0.1) is 0 Å². The predicted octanol–water partition coefficient (Wildman–Crippen LogP) is 1.48. The van der Waals surface area contributed by atoms with Gasteiger partial charge in [-0.25, -0.2) is 9.59 Å². The zero-order chi connectivity index (χ0) is 11.7. The van der Waals surface area contributed by atoms with Crippen LogP contribution in [0.2, 0.25) is 0 Å². The monoisotopic (exact) mass is 221 g/mol. The smallest absolute Gasteiger partial charge is 0.415 e. The Morgan fingerprint density at radius 2 is 2.00 bits per heavy atom. The maximum absolute atomic E-state index is 11.5. The largest absolute Gasteiger partial charge is 0.480 e. The first kappa shape index (κ1) is 10.5. The minimum atomic E-state index is -1.07. The van der Waals surface area contributed by atoms with E-state index in [4.69, 9.17) is 9.84 Å². The minimum Gasteiger partial charge on any atom is -0.480 e. The lowest BCUT2D eigenvalue weighted by Crippen LogP contribution is -2.42. The topological polar surface area (TPSA) is 66.8 Å². The molecule has 0 saturated carbocycles. The van der Waals surface area contributed by atoms with Crippen LogP contribution in [-0.2, 0) is 9.53 Å². The van der Waals surface area contributed by atoms with E-state index in [2.05, 4.69) is 0 Å². The van der Waals surface area contributed by atoms with Crippen LogP contribution in [0.4, 0.5) is 10.5 Å². The lowest BCUT2D eigenvalue weighted by Gasteiger charge is -2.19. The van der Waals surface area contributed by atoms with Crippen LogP contribution in [-0.4, -0.2) is 29.3 Å². The van der Waals surface area contributed by atoms with Crippen molar-refractivity contribution in [3.8, 4) is 0 Å². The molecule has 1 aromatic carbocycles.